The van der Waals surface area contributed by atoms with E-state index in [0.717, 1.165) is 4.47 Å². The number of carbonyl (C=O) groups excluding carboxylic acids is 1. The molecule has 1 aromatic heterocycles. The second kappa shape index (κ2) is 8.87. The third kappa shape index (κ3) is 4.45. The first-order valence-corrected chi connectivity index (χ1v) is 9.34. The molecule has 0 aliphatic rings. The van der Waals surface area contributed by atoms with Gasteiger partial charge in [0.25, 0.3) is 0 Å². The van der Waals surface area contributed by atoms with Crippen LogP contribution in [0, 0.1) is 0 Å². The van der Waals surface area contributed by atoms with Gasteiger partial charge in [-0.25, -0.2) is 9.59 Å². The monoisotopic (exact) mass is 460 g/mol. The van der Waals surface area contributed by atoms with Crippen LogP contribution in [0.3, 0.4) is 0 Å². The first-order chi connectivity index (χ1) is 14.0. The molecule has 0 N–H and O–H groups in total. The van der Waals surface area contributed by atoms with Gasteiger partial charge in [0.15, 0.2) is 0 Å². The highest BCUT2D eigenvalue weighted by Crippen LogP contribution is 2.36. The summed E-state index contributed by atoms with van der Waals surface area (Å²) in [5.41, 5.74) is 0.173. The van der Waals surface area contributed by atoms with E-state index in [0.29, 0.717) is 28.3 Å². The minimum atomic E-state index is -0.785. The number of ether oxygens (including phenoxy) is 3. The lowest BCUT2D eigenvalue weighted by molar-refractivity contribution is 0.0522. The van der Waals surface area contributed by atoms with Crippen LogP contribution in [0.2, 0.25) is 0 Å². The Hall–Kier alpha value is -3.20. The number of esters is 1. The van der Waals surface area contributed by atoms with Crippen molar-refractivity contribution in [2.45, 2.75) is 6.92 Å². The van der Waals surface area contributed by atoms with Crippen molar-refractivity contribution in [1.82, 2.24) is 0 Å². The van der Waals surface area contributed by atoms with Crippen LogP contribution in [0.5, 0.6) is 11.5 Å². The normalized spacial score (nSPS) is 11.0. The summed E-state index contributed by atoms with van der Waals surface area (Å²) < 4.78 is 21.6. The van der Waals surface area contributed by atoms with Crippen LogP contribution in [0.15, 0.2) is 60.3 Å². The van der Waals surface area contributed by atoms with Crippen LogP contribution in [0.25, 0.3) is 11.0 Å². The molecule has 3 rings (SSSR count). The van der Waals surface area contributed by atoms with E-state index in [1.807, 2.05) is 6.07 Å². The minimum absolute atomic E-state index is 0.146. The molecule has 0 atom stereocenters. The molecule has 0 saturated heterocycles. The maximum atomic E-state index is 12.1. The third-order valence-corrected chi connectivity index (χ3v) is 4.43. The average molecular weight is 461 g/mol. The predicted molar refractivity (Wildman–Crippen MR) is 110 cm³/mol. The average Bonchev–Trinajstić information content (AvgIpc) is 2.71. The van der Waals surface area contributed by atoms with Crippen molar-refractivity contribution < 1.29 is 23.4 Å². The molecule has 150 valence electrons. The van der Waals surface area contributed by atoms with Gasteiger partial charge in [-0.3, -0.25) is 0 Å². The van der Waals surface area contributed by atoms with Crippen molar-refractivity contribution >= 4 is 44.2 Å². The van der Waals surface area contributed by atoms with E-state index in [9.17, 15) is 9.59 Å². The van der Waals surface area contributed by atoms with Gasteiger partial charge in [-0.1, -0.05) is 15.9 Å². The van der Waals surface area contributed by atoms with Crippen LogP contribution >= 0.6 is 15.9 Å². The number of carbonyl (C=O) groups is 1. The van der Waals surface area contributed by atoms with Crippen LogP contribution in [0.4, 0.5) is 11.4 Å². The Morgan fingerprint density at radius 3 is 2.41 bits per heavy atom. The molecule has 0 saturated carbocycles. The molecular weight excluding hydrogens is 444 g/mol. The SMILES string of the molecule is CCOC(=O)c1cc2cc(N=Nc3ccc(Br)cc3OC)c(OC)cc2oc1=O. The molecule has 0 unspecified atom stereocenters. The first-order valence-electron chi connectivity index (χ1n) is 8.55. The molecule has 8 nitrogen and oxygen atoms in total. The Morgan fingerprint density at radius 2 is 1.72 bits per heavy atom. The van der Waals surface area contributed by atoms with E-state index < -0.39 is 11.6 Å². The lowest BCUT2D eigenvalue weighted by Crippen LogP contribution is -2.16. The molecule has 0 aliphatic carbocycles. The van der Waals surface area contributed by atoms with Gasteiger partial charge in [-0.15, -0.1) is 10.2 Å². The fourth-order valence-corrected chi connectivity index (χ4v) is 2.91. The summed E-state index contributed by atoms with van der Waals surface area (Å²) in [6, 6.07) is 9.85. The molecule has 0 aliphatic heterocycles. The Morgan fingerprint density at radius 1 is 1.03 bits per heavy atom. The molecule has 0 spiro atoms. The van der Waals surface area contributed by atoms with Gasteiger partial charge < -0.3 is 18.6 Å². The topological polar surface area (TPSA) is 99.7 Å². The van der Waals surface area contributed by atoms with Crippen LogP contribution in [-0.4, -0.2) is 26.8 Å². The Labute approximate surface area is 174 Å². The number of methoxy groups -OCH3 is 2. The fourth-order valence-electron chi connectivity index (χ4n) is 2.57. The van der Waals surface area contributed by atoms with E-state index in [1.165, 1.54) is 26.4 Å². The van der Waals surface area contributed by atoms with Crippen molar-refractivity contribution in [3.05, 3.63) is 56.9 Å². The Bertz CT molecular complexity index is 1160. The summed E-state index contributed by atoms with van der Waals surface area (Å²) >= 11 is 3.37. The quantitative estimate of drug-likeness (QED) is 0.286. The molecule has 0 radical (unpaired) electrons. The maximum absolute atomic E-state index is 12.1. The molecule has 0 bridgehead atoms. The van der Waals surface area contributed by atoms with E-state index in [1.54, 1.807) is 25.1 Å². The van der Waals surface area contributed by atoms with Crippen molar-refractivity contribution in [3.8, 4) is 11.5 Å². The van der Waals surface area contributed by atoms with Crippen LogP contribution in [0.1, 0.15) is 17.3 Å². The fraction of sp³-hybridized carbons (Fsp3) is 0.200. The van der Waals surface area contributed by atoms with Crippen LogP contribution < -0.4 is 15.1 Å². The molecular formula is C20H17BrN2O6. The number of benzene rings is 2. The summed E-state index contributed by atoms with van der Waals surface area (Å²) in [4.78, 5) is 24.0. The van der Waals surface area contributed by atoms with Gasteiger partial charge in [-0.2, -0.15) is 0 Å². The summed E-state index contributed by atoms with van der Waals surface area (Å²) in [6.07, 6.45) is 0. The van der Waals surface area contributed by atoms with Crippen molar-refractivity contribution in [2.75, 3.05) is 20.8 Å². The van der Waals surface area contributed by atoms with Crippen LogP contribution in [-0.2, 0) is 4.74 Å². The highest BCUT2D eigenvalue weighted by molar-refractivity contribution is 9.10. The highest BCUT2D eigenvalue weighted by Gasteiger charge is 2.16. The zero-order valence-electron chi connectivity index (χ0n) is 15.9. The van der Waals surface area contributed by atoms with Gasteiger partial charge in [0.05, 0.1) is 20.8 Å². The second-order valence-electron chi connectivity index (χ2n) is 5.75. The summed E-state index contributed by atoms with van der Waals surface area (Å²) in [6.45, 7) is 1.80. The molecule has 0 amide bonds. The lowest BCUT2D eigenvalue weighted by atomic mass is 10.1. The maximum Gasteiger partial charge on any atom is 0.351 e. The van der Waals surface area contributed by atoms with E-state index in [2.05, 4.69) is 26.2 Å². The predicted octanol–water partition coefficient (Wildman–Crippen LogP) is 5.16. The number of hydrogen-bond acceptors (Lipinski definition) is 8. The van der Waals surface area contributed by atoms with Crippen molar-refractivity contribution in [3.63, 3.8) is 0 Å². The minimum Gasteiger partial charge on any atom is -0.494 e. The molecule has 2 aromatic carbocycles. The molecule has 1 heterocycles. The molecule has 3 aromatic rings. The summed E-state index contributed by atoms with van der Waals surface area (Å²) in [7, 11) is 3.00. The highest BCUT2D eigenvalue weighted by atomic mass is 79.9. The number of hydrogen-bond donors (Lipinski definition) is 0. The molecule has 29 heavy (non-hydrogen) atoms. The van der Waals surface area contributed by atoms with E-state index >= 15 is 0 Å². The van der Waals surface area contributed by atoms with Gasteiger partial charge >= 0.3 is 11.6 Å². The van der Waals surface area contributed by atoms with Gasteiger partial charge in [-0.05, 0) is 37.3 Å². The molecule has 9 heteroatoms. The molecule has 0 fully saturated rings. The number of fused-ring (bicyclic) bond motifs is 1. The number of nitrogens with zero attached hydrogens (tertiary/aromatic N) is 2. The largest absolute Gasteiger partial charge is 0.494 e. The van der Waals surface area contributed by atoms with Gasteiger partial charge in [0.2, 0.25) is 0 Å². The summed E-state index contributed by atoms with van der Waals surface area (Å²) in [5, 5.41) is 8.94. The number of azo groups is 1. The third-order valence-electron chi connectivity index (χ3n) is 3.94. The first kappa shape index (κ1) is 20.5. The smallest absolute Gasteiger partial charge is 0.351 e. The van der Waals surface area contributed by atoms with Gasteiger partial charge in [0, 0.05) is 15.9 Å². The standard InChI is InChI=1S/C20H17BrN2O6/c1-4-28-19(24)13-7-11-8-15(18(27-3)10-16(11)29-20(13)25)23-22-14-6-5-12(21)9-17(14)26-2/h5-10H,4H2,1-3H3. The Kier molecular flexibility index (Phi) is 6.28. The number of halogens is 1. The van der Waals surface area contributed by atoms with E-state index in [-0.39, 0.29) is 17.8 Å². The summed E-state index contributed by atoms with van der Waals surface area (Å²) in [5.74, 6) is 0.143. The zero-order valence-corrected chi connectivity index (χ0v) is 17.5. The van der Waals surface area contributed by atoms with Crippen molar-refractivity contribution in [2.24, 2.45) is 10.2 Å². The zero-order chi connectivity index (χ0) is 21.0. The Balaban J connectivity index is 2.08. The second-order valence-corrected chi connectivity index (χ2v) is 6.66. The van der Waals surface area contributed by atoms with Gasteiger partial charge in [0.1, 0.15) is 34.0 Å². The van der Waals surface area contributed by atoms with E-state index in [4.69, 9.17) is 18.6 Å². The van der Waals surface area contributed by atoms with Crippen molar-refractivity contribution in [1.29, 1.82) is 0 Å². The number of rotatable bonds is 6. The lowest BCUT2D eigenvalue weighted by Gasteiger charge is -2.07.